The average molecular weight is 247 g/mol. The van der Waals surface area contributed by atoms with Gasteiger partial charge in [0.1, 0.15) is 5.52 Å². The van der Waals surface area contributed by atoms with Crippen LogP contribution in [0, 0.1) is 5.92 Å². The van der Waals surface area contributed by atoms with Crippen LogP contribution in [0.2, 0.25) is 0 Å². The summed E-state index contributed by atoms with van der Waals surface area (Å²) in [7, 11) is 0. The number of aliphatic carboxylic acids is 1. The van der Waals surface area contributed by atoms with Gasteiger partial charge in [-0.1, -0.05) is 19.9 Å². The molecule has 0 fully saturated rings. The van der Waals surface area contributed by atoms with Crippen LogP contribution < -0.4 is 0 Å². The van der Waals surface area contributed by atoms with Crippen molar-refractivity contribution in [1.29, 1.82) is 0 Å². The Balaban J connectivity index is 2.19. The van der Waals surface area contributed by atoms with Crippen molar-refractivity contribution in [2.45, 2.75) is 33.1 Å². The van der Waals surface area contributed by atoms with E-state index >= 15 is 0 Å². The van der Waals surface area contributed by atoms with Gasteiger partial charge in [-0.25, -0.2) is 4.98 Å². The third-order valence-corrected chi connectivity index (χ3v) is 2.71. The van der Waals surface area contributed by atoms with E-state index in [9.17, 15) is 4.79 Å². The summed E-state index contributed by atoms with van der Waals surface area (Å²) in [5, 5.41) is 8.66. The number of carbonyl (C=O) groups is 1. The molecule has 0 spiro atoms. The molecule has 0 unspecified atom stereocenters. The standard InChI is InChI=1S/C14H17NO3/c1-9(2)7-13-15-11-8-10(4-6-14(16)17)3-5-12(11)18-13/h3,5,8-9H,4,6-7H2,1-2H3,(H,16,17). The molecule has 0 amide bonds. The van der Waals surface area contributed by atoms with Crippen molar-refractivity contribution in [2.75, 3.05) is 0 Å². The molecule has 2 aromatic rings. The molecule has 2 rings (SSSR count). The zero-order valence-corrected chi connectivity index (χ0v) is 10.6. The van der Waals surface area contributed by atoms with Gasteiger partial charge in [-0.05, 0) is 30.0 Å². The first-order valence-corrected chi connectivity index (χ1v) is 6.14. The smallest absolute Gasteiger partial charge is 0.303 e. The van der Waals surface area contributed by atoms with E-state index in [0.29, 0.717) is 12.3 Å². The van der Waals surface area contributed by atoms with Gasteiger partial charge in [-0.3, -0.25) is 4.79 Å². The van der Waals surface area contributed by atoms with E-state index in [1.807, 2.05) is 18.2 Å². The largest absolute Gasteiger partial charge is 0.481 e. The van der Waals surface area contributed by atoms with Gasteiger partial charge in [0.2, 0.25) is 0 Å². The third kappa shape index (κ3) is 3.09. The summed E-state index contributed by atoms with van der Waals surface area (Å²) in [5.74, 6) is 0.468. The van der Waals surface area contributed by atoms with Crippen LogP contribution in [0.3, 0.4) is 0 Å². The maximum Gasteiger partial charge on any atom is 0.303 e. The lowest BCUT2D eigenvalue weighted by Crippen LogP contribution is -1.97. The highest BCUT2D eigenvalue weighted by atomic mass is 16.4. The number of benzene rings is 1. The zero-order chi connectivity index (χ0) is 13.1. The average Bonchev–Trinajstić information content (AvgIpc) is 2.66. The summed E-state index contributed by atoms with van der Waals surface area (Å²) >= 11 is 0. The van der Waals surface area contributed by atoms with Gasteiger partial charge in [-0.2, -0.15) is 0 Å². The lowest BCUT2D eigenvalue weighted by molar-refractivity contribution is -0.136. The van der Waals surface area contributed by atoms with E-state index in [1.54, 1.807) is 0 Å². The van der Waals surface area contributed by atoms with E-state index in [4.69, 9.17) is 9.52 Å². The fourth-order valence-electron chi connectivity index (χ4n) is 1.86. The number of aromatic nitrogens is 1. The summed E-state index contributed by atoms with van der Waals surface area (Å²) in [6.45, 7) is 4.24. The van der Waals surface area contributed by atoms with Gasteiger partial charge >= 0.3 is 5.97 Å². The number of hydrogen-bond donors (Lipinski definition) is 1. The molecule has 1 aromatic carbocycles. The van der Waals surface area contributed by atoms with Crippen LogP contribution in [0.1, 0.15) is 31.7 Å². The van der Waals surface area contributed by atoms with Gasteiger partial charge < -0.3 is 9.52 Å². The first kappa shape index (κ1) is 12.6. The summed E-state index contributed by atoms with van der Waals surface area (Å²) in [5.41, 5.74) is 2.56. The molecular formula is C14H17NO3. The maximum absolute atomic E-state index is 10.5. The number of nitrogens with zero attached hydrogens (tertiary/aromatic N) is 1. The van der Waals surface area contributed by atoms with Crippen molar-refractivity contribution in [3.63, 3.8) is 0 Å². The first-order chi connectivity index (χ1) is 8.54. The monoisotopic (exact) mass is 247 g/mol. The molecule has 0 atom stereocenters. The van der Waals surface area contributed by atoms with Gasteiger partial charge in [0, 0.05) is 12.8 Å². The Hall–Kier alpha value is -1.84. The minimum Gasteiger partial charge on any atom is -0.481 e. The molecule has 1 heterocycles. The molecule has 4 nitrogen and oxygen atoms in total. The minimum atomic E-state index is -0.782. The van der Waals surface area contributed by atoms with Gasteiger partial charge in [-0.15, -0.1) is 0 Å². The number of hydrogen-bond acceptors (Lipinski definition) is 3. The Morgan fingerprint density at radius 2 is 2.22 bits per heavy atom. The predicted octanol–water partition coefficient (Wildman–Crippen LogP) is 3.04. The molecule has 0 aliphatic carbocycles. The van der Waals surface area contributed by atoms with Crippen LogP contribution in [0.5, 0.6) is 0 Å². The highest BCUT2D eigenvalue weighted by Gasteiger charge is 2.08. The summed E-state index contributed by atoms with van der Waals surface area (Å²) < 4.78 is 5.63. The SMILES string of the molecule is CC(C)Cc1nc2cc(CCC(=O)O)ccc2o1. The maximum atomic E-state index is 10.5. The van der Waals surface area contributed by atoms with Gasteiger partial charge in [0.15, 0.2) is 11.5 Å². The molecule has 1 N–H and O–H groups in total. The Bertz CT molecular complexity index is 557. The van der Waals surface area contributed by atoms with E-state index in [2.05, 4.69) is 18.8 Å². The van der Waals surface area contributed by atoms with Crippen molar-refractivity contribution in [3.8, 4) is 0 Å². The van der Waals surface area contributed by atoms with Crippen molar-refractivity contribution < 1.29 is 14.3 Å². The molecule has 0 aliphatic heterocycles. The van der Waals surface area contributed by atoms with Crippen LogP contribution >= 0.6 is 0 Å². The lowest BCUT2D eigenvalue weighted by Gasteiger charge is -1.97. The van der Waals surface area contributed by atoms with Gasteiger partial charge in [0.25, 0.3) is 0 Å². The van der Waals surface area contributed by atoms with Crippen molar-refractivity contribution in [2.24, 2.45) is 5.92 Å². The Kier molecular flexibility index (Phi) is 3.65. The fraction of sp³-hybridized carbons (Fsp3) is 0.429. The summed E-state index contributed by atoms with van der Waals surface area (Å²) in [4.78, 5) is 15.0. The number of carboxylic acids is 1. The fourth-order valence-corrected chi connectivity index (χ4v) is 1.86. The molecule has 4 heteroatoms. The van der Waals surface area contributed by atoms with Crippen LogP contribution in [-0.4, -0.2) is 16.1 Å². The Morgan fingerprint density at radius 3 is 2.89 bits per heavy atom. The van der Waals surface area contributed by atoms with Crippen LogP contribution in [0.15, 0.2) is 22.6 Å². The van der Waals surface area contributed by atoms with Crippen LogP contribution in [0.25, 0.3) is 11.1 Å². The topological polar surface area (TPSA) is 63.3 Å². The third-order valence-electron chi connectivity index (χ3n) is 2.71. The van der Waals surface area contributed by atoms with Crippen LogP contribution in [-0.2, 0) is 17.6 Å². The number of oxazole rings is 1. The molecule has 0 aliphatic rings. The number of rotatable bonds is 5. The molecular weight excluding hydrogens is 230 g/mol. The second kappa shape index (κ2) is 5.21. The van der Waals surface area contributed by atoms with Crippen molar-refractivity contribution in [1.82, 2.24) is 4.98 Å². The van der Waals surface area contributed by atoms with Crippen molar-refractivity contribution in [3.05, 3.63) is 29.7 Å². The Morgan fingerprint density at radius 1 is 1.44 bits per heavy atom. The molecule has 1 aromatic heterocycles. The molecule has 0 radical (unpaired) electrons. The molecule has 0 saturated carbocycles. The number of fused-ring (bicyclic) bond motifs is 1. The van der Waals surface area contributed by atoms with Crippen molar-refractivity contribution >= 4 is 17.1 Å². The summed E-state index contributed by atoms with van der Waals surface area (Å²) in [6, 6.07) is 5.67. The van der Waals surface area contributed by atoms with E-state index < -0.39 is 5.97 Å². The van der Waals surface area contributed by atoms with E-state index in [0.717, 1.165) is 29.0 Å². The first-order valence-electron chi connectivity index (χ1n) is 6.14. The molecule has 18 heavy (non-hydrogen) atoms. The predicted molar refractivity (Wildman–Crippen MR) is 68.5 cm³/mol. The highest BCUT2D eigenvalue weighted by molar-refractivity contribution is 5.74. The number of aryl methyl sites for hydroxylation is 1. The van der Waals surface area contributed by atoms with Gasteiger partial charge in [0.05, 0.1) is 0 Å². The van der Waals surface area contributed by atoms with E-state index in [-0.39, 0.29) is 6.42 Å². The quantitative estimate of drug-likeness (QED) is 0.882. The molecule has 0 bridgehead atoms. The molecule has 0 saturated heterocycles. The van der Waals surface area contributed by atoms with E-state index in [1.165, 1.54) is 0 Å². The highest BCUT2D eigenvalue weighted by Crippen LogP contribution is 2.19. The second-order valence-electron chi connectivity index (χ2n) is 4.90. The summed E-state index contributed by atoms with van der Waals surface area (Å²) in [6.07, 6.45) is 1.49. The normalized spacial score (nSPS) is 11.3. The lowest BCUT2D eigenvalue weighted by atomic mass is 10.1. The minimum absolute atomic E-state index is 0.141. The van der Waals surface area contributed by atoms with Crippen LogP contribution in [0.4, 0.5) is 0 Å². The second-order valence-corrected chi connectivity index (χ2v) is 4.90. The molecule has 96 valence electrons. The zero-order valence-electron chi connectivity index (χ0n) is 10.6. The Labute approximate surface area is 106 Å². The number of carboxylic acid groups (broad SMARTS) is 1.